The average molecular weight is 394 g/mol. The van der Waals surface area contributed by atoms with Crippen molar-refractivity contribution in [2.45, 2.75) is 37.8 Å². The summed E-state index contributed by atoms with van der Waals surface area (Å²) in [7, 11) is -3.69. The normalized spacial score (nSPS) is 13.5. The predicted molar refractivity (Wildman–Crippen MR) is 84.9 cm³/mol. The zero-order valence-electron chi connectivity index (χ0n) is 11.6. The van der Waals surface area contributed by atoms with Gasteiger partial charge in [0.2, 0.25) is 10.0 Å². The molecule has 2 rings (SSSR count). The third-order valence-electron chi connectivity index (χ3n) is 2.81. The number of rotatable bonds is 6. The monoisotopic (exact) mass is 393 g/mol. The lowest BCUT2D eigenvalue weighted by molar-refractivity contribution is 0.245. The van der Waals surface area contributed by atoms with Crippen molar-refractivity contribution in [1.82, 2.24) is 4.72 Å². The fourth-order valence-electron chi connectivity index (χ4n) is 1.93. The van der Waals surface area contributed by atoms with E-state index in [2.05, 4.69) is 20.7 Å². The van der Waals surface area contributed by atoms with Crippen molar-refractivity contribution in [2.75, 3.05) is 0 Å². The number of furan rings is 1. The van der Waals surface area contributed by atoms with Crippen LogP contribution in [-0.2, 0) is 23.1 Å². The topological polar surface area (TPSA) is 79.5 Å². The summed E-state index contributed by atoms with van der Waals surface area (Å²) in [6.45, 7) is 3.48. The molecule has 0 aliphatic carbocycles. The Morgan fingerprint density at radius 1 is 1.48 bits per heavy atom. The van der Waals surface area contributed by atoms with Crippen molar-refractivity contribution in [1.29, 1.82) is 0 Å². The number of nitrogens with one attached hydrogen (secondary N) is 1. The van der Waals surface area contributed by atoms with Crippen molar-refractivity contribution in [3.05, 3.63) is 38.4 Å². The van der Waals surface area contributed by atoms with Crippen LogP contribution in [-0.4, -0.2) is 19.6 Å². The van der Waals surface area contributed by atoms with Gasteiger partial charge in [0.15, 0.2) is 4.67 Å². The fraction of sp³-hybridized carbons (Fsp3) is 0.385. The Kier molecular flexibility index (Phi) is 5.26. The molecule has 0 saturated carbocycles. The molecular formula is C13H16BrNO4S2. The van der Waals surface area contributed by atoms with E-state index in [9.17, 15) is 8.42 Å². The quantitative estimate of drug-likeness (QED) is 0.790. The van der Waals surface area contributed by atoms with Crippen LogP contribution in [0.25, 0.3) is 0 Å². The molecule has 2 heterocycles. The van der Waals surface area contributed by atoms with Gasteiger partial charge in [-0.05, 0) is 48.3 Å². The van der Waals surface area contributed by atoms with Crippen molar-refractivity contribution in [2.24, 2.45) is 0 Å². The van der Waals surface area contributed by atoms with Gasteiger partial charge in [0.1, 0.15) is 17.3 Å². The van der Waals surface area contributed by atoms with E-state index >= 15 is 0 Å². The third-order valence-corrected chi connectivity index (χ3v) is 6.28. The number of hydrogen-bond acceptors (Lipinski definition) is 5. The van der Waals surface area contributed by atoms with Crippen molar-refractivity contribution < 1.29 is 17.9 Å². The van der Waals surface area contributed by atoms with Crippen LogP contribution in [0.4, 0.5) is 0 Å². The van der Waals surface area contributed by atoms with E-state index in [1.54, 1.807) is 11.3 Å². The summed E-state index contributed by atoms with van der Waals surface area (Å²) in [4.78, 5) is 2.33. The second kappa shape index (κ2) is 6.62. The molecule has 0 bridgehead atoms. The summed E-state index contributed by atoms with van der Waals surface area (Å²) in [5, 5.41) is 8.99. The Balaban J connectivity index is 2.11. The highest BCUT2D eigenvalue weighted by atomic mass is 79.9. The molecule has 0 aromatic carbocycles. The molecule has 2 aromatic rings. The highest BCUT2D eigenvalue weighted by Crippen LogP contribution is 2.26. The molecule has 1 atom stereocenters. The van der Waals surface area contributed by atoms with Crippen LogP contribution >= 0.6 is 27.3 Å². The Hall–Kier alpha value is -0.670. The summed E-state index contributed by atoms with van der Waals surface area (Å²) in [6.07, 6.45) is 0.625. The van der Waals surface area contributed by atoms with Gasteiger partial charge in [-0.25, -0.2) is 13.1 Å². The average Bonchev–Trinajstić information content (AvgIpc) is 2.95. The minimum atomic E-state index is -3.69. The Morgan fingerprint density at radius 3 is 2.71 bits per heavy atom. The van der Waals surface area contributed by atoms with Crippen LogP contribution in [0.2, 0.25) is 0 Å². The number of aryl methyl sites for hydroxylation is 1. The van der Waals surface area contributed by atoms with E-state index < -0.39 is 10.0 Å². The van der Waals surface area contributed by atoms with Gasteiger partial charge in [0.25, 0.3) is 0 Å². The van der Waals surface area contributed by atoms with E-state index in [0.29, 0.717) is 6.42 Å². The van der Waals surface area contributed by atoms with Crippen molar-refractivity contribution in [3.63, 3.8) is 0 Å². The lowest BCUT2D eigenvalue weighted by atomic mass is 10.2. The number of aliphatic hydroxyl groups excluding tert-OH is 1. The largest absolute Gasteiger partial charge is 0.450 e. The molecule has 0 radical (unpaired) electrons. The molecule has 0 aliphatic heterocycles. The maximum absolute atomic E-state index is 12.3. The molecule has 1 unspecified atom stereocenters. The van der Waals surface area contributed by atoms with Gasteiger partial charge >= 0.3 is 0 Å². The highest BCUT2D eigenvalue weighted by molar-refractivity contribution is 9.10. The van der Waals surface area contributed by atoms with Crippen LogP contribution in [0.15, 0.2) is 32.2 Å². The fourth-order valence-corrected chi connectivity index (χ4v) is 5.19. The lowest BCUT2D eigenvalue weighted by Crippen LogP contribution is -2.33. The number of sulfonamides is 1. The second-order valence-electron chi connectivity index (χ2n) is 4.75. The maximum Gasteiger partial charge on any atom is 0.245 e. The van der Waals surface area contributed by atoms with Gasteiger partial charge < -0.3 is 9.52 Å². The summed E-state index contributed by atoms with van der Waals surface area (Å²) >= 11 is 4.71. The standard InChI is InChI=1S/C13H16BrNO4S2/c1-8(5-11-4-3-9(2)20-11)15-21(17,18)12-6-10(7-16)19-13(12)14/h3-4,6,8,15-16H,5,7H2,1-2H3. The predicted octanol–water partition coefficient (Wildman–Crippen LogP) is 2.81. The van der Waals surface area contributed by atoms with E-state index in [-0.39, 0.29) is 28.0 Å². The molecule has 0 saturated heterocycles. The molecule has 0 amide bonds. The summed E-state index contributed by atoms with van der Waals surface area (Å²) < 4.78 is 32.4. The van der Waals surface area contributed by atoms with E-state index in [1.165, 1.54) is 10.9 Å². The summed E-state index contributed by atoms with van der Waals surface area (Å²) in [5.74, 6) is 0.198. The van der Waals surface area contributed by atoms with Crippen molar-refractivity contribution >= 4 is 37.3 Å². The number of halogens is 1. The molecule has 2 aromatic heterocycles. The molecule has 2 N–H and O–H groups in total. The molecule has 0 fully saturated rings. The van der Waals surface area contributed by atoms with Crippen LogP contribution < -0.4 is 4.72 Å². The molecule has 5 nitrogen and oxygen atoms in total. The van der Waals surface area contributed by atoms with E-state index in [0.717, 1.165) is 4.88 Å². The number of hydrogen-bond donors (Lipinski definition) is 2. The molecule has 8 heteroatoms. The van der Waals surface area contributed by atoms with Gasteiger partial charge in [-0.2, -0.15) is 0 Å². The zero-order valence-corrected chi connectivity index (χ0v) is 14.8. The van der Waals surface area contributed by atoms with Crippen molar-refractivity contribution in [3.8, 4) is 0 Å². The smallest absolute Gasteiger partial charge is 0.245 e. The first-order valence-electron chi connectivity index (χ1n) is 6.28. The minimum Gasteiger partial charge on any atom is -0.450 e. The second-order valence-corrected chi connectivity index (χ2v) is 8.52. The molecular weight excluding hydrogens is 378 g/mol. The van der Waals surface area contributed by atoms with Crippen LogP contribution in [0, 0.1) is 6.92 Å². The zero-order chi connectivity index (χ0) is 15.6. The Bertz CT molecular complexity index is 720. The molecule has 21 heavy (non-hydrogen) atoms. The Labute approximate surface area is 136 Å². The molecule has 0 aliphatic rings. The number of aliphatic hydroxyl groups is 1. The maximum atomic E-state index is 12.3. The lowest BCUT2D eigenvalue weighted by Gasteiger charge is -2.12. The van der Waals surface area contributed by atoms with Crippen LogP contribution in [0.1, 0.15) is 22.4 Å². The number of thiophene rings is 1. The van der Waals surface area contributed by atoms with Crippen LogP contribution in [0.3, 0.4) is 0 Å². The van der Waals surface area contributed by atoms with Gasteiger partial charge in [0, 0.05) is 21.9 Å². The molecule has 0 spiro atoms. The van der Waals surface area contributed by atoms with Crippen LogP contribution in [0.5, 0.6) is 0 Å². The van der Waals surface area contributed by atoms with E-state index in [1.807, 2.05) is 26.0 Å². The first-order valence-corrected chi connectivity index (χ1v) is 9.38. The van der Waals surface area contributed by atoms with Gasteiger partial charge in [-0.1, -0.05) is 0 Å². The molecule has 116 valence electrons. The van der Waals surface area contributed by atoms with Gasteiger partial charge in [-0.15, -0.1) is 11.3 Å². The highest BCUT2D eigenvalue weighted by Gasteiger charge is 2.24. The van der Waals surface area contributed by atoms with E-state index in [4.69, 9.17) is 9.52 Å². The summed E-state index contributed by atoms with van der Waals surface area (Å²) in [6, 6.07) is 5.09. The van der Waals surface area contributed by atoms with Gasteiger partial charge in [-0.3, -0.25) is 0 Å². The summed E-state index contributed by atoms with van der Waals surface area (Å²) in [5.41, 5.74) is 0. The first-order chi connectivity index (χ1) is 9.81. The minimum absolute atomic E-state index is 0.000704. The Morgan fingerprint density at radius 2 is 2.19 bits per heavy atom. The third kappa shape index (κ3) is 4.17. The van der Waals surface area contributed by atoms with Gasteiger partial charge in [0.05, 0.1) is 0 Å². The first kappa shape index (κ1) is 16.7. The SMILES string of the molecule is Cc1ccc(CC(C)NS(=O)(=O)c2cc(CO)oc2Br)s1.